The van der Waals surface area contributed by atoms with Gasteiger partial charge in [0.1, 0.15) is 17.2 Å². The van der Waals surface area contributed by atoms with Crippen molar-refractivity contribution in [3.63, 3.8) is 0 Å². The molecule has 1 heterocycles. The molecule has 5 heteroatoms. The fourth-order valence-corrected chi connectivity index (χ4v) is 2.39. The zero-order chi connectivity index (χ0) is 13.0. The Morgan fingerprint density at radius 3 is 2.83 bits per heavy atom. The summed E-state index contributed by atoms with van der Waals surface area (Å²) in [7, 11) is 0. The standard InChI is InChI=1S/C13H19N3O2/c1-9-14-8-11(13(17)18)12(16-9)15-7-10-5-3-2-4-6-10/h8,10H,2-7H2,1H3,(H,17,18)(H,14,15,16). The number of carboxylic acid groups (broad SMARTS) is 1. The van der Waals surface area contributed by atoms with Gasteiger partial charge in [0, 0.05) is 12.7 Å². The first-order valence-electron chi connectivity index (χ1n) is 6.47. The third kappa shape index (κ3) is 3.18. The molecule has 0 atom stereocenters. The molecule has 1 fully saturated rings. The number of aromatic carboxylic acids is 1. The SMILES string of the molecule is Cc1ncc(C(=O)O)c(NCC2CCCCC2)n1. The zero-order valence-corrected chi connectivity index (χ0v) is 10.6. The second-order valence-corrected chi connectivity index (χ2v) is 4.87. The van der Waals surface area contributed by atoms with Gasteiger partial charge in [-0.1, -0.05) is 19.3 Å². The molecule has 0 unspecified atom stereocenters. The van der Waals surface area contributed by atoms with E-state index in [0.29, 0.717) is 17.6 Å². The van der Waals surface area contributed by atoms with Crippen molar-refractivity contribution in [1.82, 2.24) is 9.97 Å². The van der Waals surface area contributed by atoms with Crippen LogP contribution in [-0.4, -0.2) is 27.6 Å². The van der Waals surface area contributed by atoms with E-state index in [-0.39, 0.29) is 5.56 Å². The maximum Gasteiger partial charge on any atom is 0.341 e. The van der Waals surface area contributed by atoms with Crippen molar-refractivity contribution in [1.29, 1.82) is 0 Å². The van der Waals surface area contributed by atoms with Crippen molar-refractivity contribution in [2.45, 2.75) is 39.0 Å². The summed E-state index contributed by atoms with van der Waals surface area (Å²) < 4.78 is 0. The maximum absolute atomic E-state index is 11.1. The summed E-state index contributed by atoms with van der Waals surface area (Å²) in [5.41, 5.74) is 0.149. The van der Waals surface area contributed by atoms with Crippen LogP contribution < -0.4 is 5.32 Å². The molecule has 2 rings (SSSR count). The first-order chi connectivity index (χ1) is 8.66. The van der Waals surface area contributed by atoms with Crippen LogP contribution in [0.15, 0.2) is 6.20 Å². The Morgan fingerprint density at radius 2 is 2.17 bits per heavy atom. The molecule has 0 aliphatic heterocycles. The van der Waals surface area contributed by atoms with Crippen LogP contribution in [-0.2, 0) is 0 Å². The van der Waals surface area contributed by atoms with E-state index in [2.05, 4.69) is 15.3 Å². The van der Waals surface area contributed by atoms with Gasteiger partial charge in [-0.25, -0.2) is 14.8 Å². The highest BCUT2D eigenvalue weighted by molar-refractivity contribution is 5.92. The van der Waals surface area contributed by atoms with Crippen molar-refractivity contribution in [3.05, 3.63) is 17.6 Å². The Morgan fingerprint density at radius 1 is 1.44 bits per heavy atom. The number of hydrogen-bond donors (Lipinski definition) is 2. The number of nitrogens with one attached hydrogen (secondary N) is 1. The van der Waals surface area contributed by atoms with Gasteiger partial charge in [-0.3, -0.25) is 0 Å². The van der Waals surface area contributed by atoms with Gasteiger partial charge < -0.3 is 10.4 Å². The van der Waals surface area contributed by atoms with Gasteiger partial charge in [0.2, 0.25) is 0 Å². The van der Waals surface area contributed by atoms with Gasteiger partial charge in [-0.05, 0) is 25.7 Å². The summed E-state index contributed by atoms with van der Waals surface area (Å²) in [5.74, 6) is 0.684. The summed E-state index contributed by atoms with van der Waals surface area (Å²) in [6.45, 7) is 2.56. The summed E-state index contributed by atoms with van der Waals surface area (Å²) in [4.78, 5) is 19.2. The average Bonchev–Trinajstić information content (AvgIpc) is 2.37. The predicted octanol–water partition coefficient (Wildman–Crippen LogP) is 2.48. The first kappa shape index (κ1) is 12.8. The Balaban J connectivity index is 2.03. The molecule has 18 heavy (non-hydrogen) atoms. The van der Waals surface area contributed by atoms with E-state index in [4.69, 9.17) is 5.11 Å². The Hall–Kier alpha value is -1.65. The Bertz CT molecular complexity index is 428. The molecule has 0 spiro atoms. The van der Waals surface area contributed by atoms with Gasteiger partial charge in [0.25, 0.3) is 0 Å². The molecule has 0 radical (unpaired) electrons. The molecule has 0 amide bonds. The van der Waals surface area contributed by atoms with Crippen LogP contribution in [0.1, 0.15) is 48.3 Å². The number of rotatable bonds is 4. The number of carbonyl (C=O) groups is 1. The number of carboxylic acids is 1. The van der Waals surface area contributed by atoms with Crippen LogP contribution in [0.2, 0.25) is 0 Å². The summed E-state index contributed by atoms with van der Waals surface area (Å²) in [5, 5.41) is 12.2. The van der Waals surface area contributed by atoms with Crippen LogP contribution in [0, 0.1) is 12.8 Å². The van der Waals surface area contributed by atoms with Crippen molar-refractivity contribution < 1.29 is 9.90 Å². The molecular weight excluding hydrogens is 230 g/mol. The van der Waals surface area contributed by atoms with E-state index < -0.39 is 5.97 Å². The molecule has 2 N–H and O–H groups in total. The minimum Gasteiger partial charge on any atom is -0.477 e. The molecule has 5 nitrogen and oxygen atoms in total. The summed E-state index contributed by atoms with van der Waals surface area (Å²) in [6.07, 6.45) is 7.69. The number of aryl methyl sites for hydroxylation is 1. The van der Waals surface area contributed by atoms with E-state index in [1.165, 1.54) is 38.3 Å². The van der Waals surface area contributed by atoms with Gasteiger partial charge in [-0.2, -0.15) is 0 Å². The van der Waals surface area contributed by atoms with E-state index in [9.17, 15) is 4.79 Å². The lowest BCUT2D eigenvalue weighted by atomic mass is 9.89. The van der Waals surface area contributed by atoms with E-state index in [1.54, 1.807) is 6.92 Å². The van der Waals surface area contributed by atoms with Crippen molar-refractivity contribution >= 4 is 11.8 Å². The van der Waals surface area contributed by atoms with Crippen LogP contribution in [0.4, 0.5) is 5.82 Å². The third-order valence-corrected chi connectivity index (χ3v) is 3.42. The van der Waals surface area contributed by atoms with Gasteiger partial charge in [-0.15, -0.1) is 0 Å². The fraction of sp³-hybridized carbons (Fsp3) is 0.615. The largest absolute Gasteiger partial charge is 0.477 e. The molecule has 1 aliphatic rings. The molecule has 1 aromatic heterocycles. The summed E-state index contributed by atoms with van der Waals surface area (Å²) in [6, 6.07) is 0. The maximum atomic E-state index is 11.1. The molecule has 1 aliphatic carbocycles. The lowest BCUT2D eigenvalue weighted by molar-refractivity contribution is 0.0697. The molecule has 0 bridgehead atoms. The fourth-order valence-electron chi connectivity index (χ4n) is 2.39. The van der Waals surface area contributed by atoms with Crippen molar-refractivity contribution in [3.8, 4) is 0 Å². The van der Waals surface area contributed by atoms with E-state index in [1.807, 2.05) is 0 Å². The molecule has 1 saturated carbocycles. The number of hydrogen-bond acceptors (Lipinski definition) is 4. The molecule has 0 aromatic carbocycles. The minimum absolute atomic E-state index is 0.149. The van der Waals surface area contributed by atoms with Crippen LogP contribution in [0.25, 0.3) is 0 Å². The average molecular weight is 249 g/mol. The number of nitrogens with zero attached hydrogens (tertiary/aromatic N) is 2. The highest BCUT2D eigenvalue weighted by Crippen LogP contribution is 2.24. The quantitative estimate of drug-likeness (QED) is 0.857. The topological polar surface area (TPSA) is 75.1 Å². The Kier molecular flexibility index (Phi) is 4.12. The van der Waals surface area contributed by atoms with Crippen molar-refractivity contribution in [2.75, 3.05) is 11.9 Å². The number of aromatic nitrogens is 2. The highest BCUT2D eigenvalue weighted by Gasteiger charge is 2.16. The van der Waals surface area contributed by atoms with E-state index >= 15 is 0 Å². The van der Waals surface area contributed by atoms with Crippen LogP contribution in [0.3, 0.4) is 0 Å². The van der Waals surface area contributed by atoms with Gasteiger partial charge in [0.05, 0.1) is 0 Å². The normalized spacial score (nSPS) is 16.5. The zero-order valence-electron chi connectivity index (χ0n) is 10.6. The summed E-state index contributed by atoms with van der Waals surface area (Å²) >= 11 is 0. The predicted molar refractivity (Wildman–Crippen MR) is 68.8 cm³/mol. The smallest absolute Gasteiger partial charge is 0.341 e. The monoisotopic (exact) mass is 249 g/mol. The van der Waals surface area contributed by atoms with Crippen LogP contribution in [0.5, 0.6) is 0 Å². The molecule has 1 aromatic rings. The third-order valence-electron chi connectivity index (χ3n) is 3.42. The van der Waals surface area contributed by atoms with E-state index in [0.717, 1.165) is 6.54 Å². The van der Waals surface area contributed by atoms with Crippen LogP contribution >= 0.6 is 0 Å². The van der Waals surface area contributed by atoms with Gasteiger partial charge in [0.15, 0.2) is 0 Å². The molecule has 0 saturated heterocycles. The highest BCUT2D eigenvalue weighted by atomic mass is 16.4. The van der Waals surface area contributed by atoms with Gasteiger partial charge >= 0.3 is 5.97 Å². The second-order valence-electron chi connectivity index (χ2n) is 4.87. The second kappa shape index (κ2) is 5.80. The molecule has 98 valence electrons. The Labute approximate surface area is 107 Å². The number of anilines is 1. The first-order valence-corrected chi connectivity index (χ1v) is 6.47. The van der Waals surface area contributed by atoms with Crippen molar-refractivity contribution in [2.24, 2.45) is 5.92 Å². The lowest BCUT2D eigenvalue weighted by Crippen LogP contribution is -2.19. The lowest BCUT2D eigenvalue weighted by Gasteiger charge is -2.22. The minimum atomic E-state index is -0.985. The molecular formula is C13H19N3O2.